The van der Waals surface area contributed by atoms with Crippen molar-refractivity contribution in [3.63, 3.8) is 0 Å². The minimum Gasteiger partial charge on any atom is -0.380 e. The first kappa shape index (κ1) is 22.0. The molecule has 2 aliphatic carbocycles. The summed E-state index contributed by atoms with van der Waals surface area (Å²) in [6, 6.07) is 0. The maximum absolute atomic E-state index is 6.13. The molecule has 5 nitrogen and oxygen atoms in total. The van der Waals surface area contributed by atoms with Gasteiger partial charge in [0.15, 0.2) is 18.5 Å². The lowest BCUT2D eigenvalue weighted by Gasteiger charge is -2.58. The van der Waals surface area contributed by atoms with Gasteiger partial charge in [-0.1, -0.05) is 56.0 Å². The Bertz CT molecular complexity index is 1010. The van der Waals surface area contributed by atoms with Crippen LogP contribution in [0.5, 0.6) is 0 Å². The smallest absolute Gasteiger partial charge is 0.307 e. The van der Waals surface area contributed by atoms with E-state index in [-0.39, 0.29) is 0 Å². The molecule has 0 radical (unpaired) electrons. The van der Waals surface area contributed by atoms with Crippen molar-refractivity contribution in [2.24, 2.45) is 29.7 Å². The second-order valence-electron chi connectivity index (χ2n) is 11.0. The molecule has 0 aliphatic heterocycles. The van der Waals surface area contributed by atoms with Gasteiger partial charge in [0.05, 0.1) is 13.6 Å². The number of aromatic nitrogens is 4. The summed E-state index contributed by atoms with van der Waals surface area (Å²) in [7, 11) is 2.00. The number of nitrogens with zero attached hydrogens (tertiary/aromatic N) is 4. The van der Waals surface area contributed by atoms with Crippen LogP contribution in [0.2, 0.25) is 0 Å². The van der Waals surface area contributed by atoms with Crippen LogP contribution in [0.3, 0.4) is 0 Å². The van der Waals surface area contributed by atoms with Gasteiger partial charge < -0.3 is 5.73 Å². The molecule has 2 fully saturated rings. The number of anilines is 1. The van der Waals surface area contributed by atoms with Crippen molar-refractivity contribution >= 4 is 17.0 Å². The quantitative estimate of drug-likeness (QED) is 0.521. The van der Waals surface area contributed by atoms with Crippen LogP contribution in [0.15, 0.2) is 36.5 Å². The lowest BCUT2D eigenvalue weighted by molar-refractivity contribution is -0.647. The second-order valence-corrected chi connectivity index (χ2v) is 11.0. The molecule has 3 atom stereocenters. The van der Waals surface area contributed by atoms with Crippen LogP contribution in [0.25, 0.3) is 11.2 Å². The molecule has 2 N–H and O–H groups in total. The van der Waals surface area contributed by atoms with E-state index < -0.39 is 0 Å². The topological polar surface area (TPSA) is 60.6 Å². The summed E-state index contributed by atoms with van der Waals surface area (Å²) < 4.78 is 4.16. The van der Waals surface area contributed by atoms with E-state index in [2.05, 4.69) is 61.2 Å². The number of hydrogen-bond donors (Lipinski definition) is 1. The van der Waals surface area contributed by atoms with Gasteiger partial charge >= 0.3 is 5.65 Å². The van der Waals surface area contributed by atoms with Crippen LogP contribution < -0.4 is 10.3 Å². The highest BCUT2D eigenvalue weighted by atomic mass is 15.2. The molecule has 2 aromatic heterocycles. The number of fused-ring (bicyclic) bond motifs is 2. The maximum atomic E-state index is 6.13. The van der Waals surface area contributed by atoms with Crippen molar-refractivity contribution < 1.29 is 4.57 Å². The predicted octanol–water partition coefficient (Wildman–Crippen LogP) is 5.36. The molecule has 2 saturated carbocycles. The first-order valence-electron chi connectivity index (χ1n) is 11.9. The molecular formula is C26H40N5+. The van der Waals surface area contributed by atoms with Crippen LogP contribution in [0.1, 0.15) is 72.6 Å². The zero-order valence-electron chi connectivity index (χ0n) is 20.1. The minimum atomic E-state index is 0.410. The number of nitrogens with two attached hydrogens (primary N) is 1. The van der Waals surface area contributed by atoms with E-state index in [0.29, 0.717) is 22.6 Å². The number of rotatable bonds is 5. The van der Waals surface area contributed by atoms with Gasteiger partial charge in [-0.05, 0) is 68.1 Å². The third kappa shape index (κ3) is 3.92. The Labute approximate surface area is 187 Å². The molecule has 0 saturated heterocycles. The molecule has 2 aromatic rings. The largest absolute Gasteiger partial charge is 0.380 e. The number of allylic oxidation sites excluding steroid dienone is 3. The molecule has 0 unspecified atom stereocenters. The normalized spacial score (nSPS) is 28.7. The van der Waals surface area contributed by atoms with E-state index in [1.807, 2.05) is 11.6 Å². The molecule has 0 amide bonds. The van der Waals surface area contributed by atoms with Crippen molar-refractivity contribution in [3.8, 4) is 0 Å². The molecule has 0 bridgehead atoms. The van der Waals surface area contributed by atoms with Crippen LogP contribution in [0, 0.1) is 22.7 Å². The lowest BCUT2D eigenvalue weighted by atomic mass is 9.47. The Morgan fingerprint density at radius 1 is 1.32 bits per heavy atom. The fraction of sp³-hybridized carbons (Fsp3) is 0.654. The fourth-order valence-electron chi connectivity index (χ4n) is 6.91. The van der Waals surface area contributed by atoms with E-state index in [4.69, 9.17) is 5.73 Å². The van der Waals surface area contributed by atoms with Gasteiger partial charge in [0.1, 0.15) is 0 Å². The van der Waals surface area contributed by atoms with Crippen molar-refractivity contribution in [2.45, 2.75) is 79.2 Å². The van der Waals surface area contributed by atoms with Gasteiger partial charge in [0.25, 0.3) is 0 Å². The summed E-state index contributed by atoms with van der Waals surface area (Å²) in [6.07, 6.45) is 14.9. The molecule has 2 aliphatic rings. The highest BCUT2D eigenvalue weighted by Gasteiger charge is 2.52. The third-order valence-electron chi connectivity index (χ3n) is 8.55. The summed E-state index contributed by atoms with van der Waals surface area (Å²) in [5, 5.41) is 0. The van der Waals surface area contributed by atoms with Crippen LogP contribution in [-0.2, 0) is 13.6 Å². The van der Waals surface area contributed by atoms with E-state index in [1.165, 1.54) is 56.0 Å². The average Bonchev–Trinajstić information content (AvgIpc) is 3.02. The third-order valence-corrected chi connectivity index (χ3v) is 8.55. The molecule has 5 heteroatoms. The Balaban J connectivity index is 1.47. The van der Waals surface area contributed by atoms with E-state index in [9.17, 15) is 0 Å². The van der Waals surface area contributed by atoms with Gasteiger partial charge in [-0.15, -0.1) is 0 Å². The molecule has 2 heterocycles. The van der Waals surface area contributed by atoms with Crippen LogP contribution in [0.4, 0.5) is 5.82 Å². The number of nitrogen functional groups attached to an aromatic ring is 1. The highest BCUT2D eigenvalue weighted by molar-refractivity contribution is 5.79. The summed E-state index contributed by atoms with van der Waals surface area (Å²) >= 11 is 0. The Morgan fingerprint density at radius 2 is 2.10 bits per heavy atom. The van der Waals surface area contributed by atoms with E-state index in [1.54, 1.807) is 0 Å². The first-order valence-corrected chi connectivity index (χ1v) is 11.9. The summed E-state index contributed by atoms with van der Waals surface area (Å²) in [4.78, 5) is 8.55. The summed E-state index contributed by atoms with van der Waals surface area (Å²) in [5.74, 6) is 2.00. The van der Waals surface area contributed by atoms with Gasteiger partial charge in [-0.2, -0.15) is 4.98 Å². The summed E-state index contributed by atoms with van der Waals surface area (Å²) in [6.45, 7) is 15.2. The maximum Gasteiger partial charge on any atom is 0.307 e. The Kier molecular flexibility index (Phi) is 5.74. The van der Waals surface area contributed by atoms with Crippen molar-refractivity contribution in [2.75, 3.05) is 5.73 Å². The fourth-order valence-corrected chi connectivity index (χ4v) is 6.91. The van der Waals surface area contributed by atoms with Crippen molar-refractivity contribution in [1.29, 1.82) is 0 Å². The number of hydrogen-bond acceptors (Lipinski definition) is 3. The van der Waals surface area contributed by atoms with Crippen LogP contribution >= 0.6 is 0 Å². The molecule has 31 heavy (non-hydrogen) atoms. The van der Waals surface area contributed by atoms with E-state index >= 15 is 0 Å². The highest BCUT2D eigenvalue weighted by Crippen LogP contribution is 2.61. The predicted molar refractivity (Wildman–Crippen MR) is 127 cm³/mol. The van der Waals surface area contributed by atoms with Crippen molar-refractivity contribution in [1.82, 2.24) is 14.5 Å². The Morgan fingerprint density at radius 3 is 2.87 bits per heavy atom. The molecule has 0 aromatic carbocycles. The molecular weight excluding hydrogens is 382 g/mol. The monoisotopic (exact) mass is 422 g/mol. The molecule has 4 rings (SSSR count). The number of aryl methyl sites for hydroxylation is 1. The number of imidazole rings is 1. The van der Waals surface area contributed by atoms with E-state index in [0.717, 1.165) is 30.0 Å². The zero-order chi connectivity index (χ0) is 22.4. The zero-order valence-corrected chi connectivity index (χ0v) is 20.1. The average molecular weight is 423 g/mol. The minimum absolute atomic E-state index is 0.410. The van der Waals surface area contributed by atoms with Crippen LogP contribution in [-0.4, -0.2) is 14.5 Å². The lowest BCUT2D eigenvalue weighted by Crippen LogP contribution is -2.49. The second kappa shape index (κ2) is 8.07. The molecule has 0 spiro atoms. The standard InChI is InChI=1S/C26H40N5/c1-18(12-15-31-17-30(6)24-22(31)23(27)28-16-29-24)8-10-20-19(2)9-11-21-25(3,4)13-7-14-26(20,21)5/h12,16-17,20-21H,2,7-11,13-15H2,1,3-6H3,(H2,27,28,29)/q+1/b18-12+/t20-,21+,26+/m1/s1. The first-order chi connectivity index (χ1) is 14.6. The Hall–Kier alpha value is -2.17. The van der Waals surface area contributed by atoms with Gasteiger partial charge in [0.2, 0.25) is 5.52 Å². The van der Waals surface area contributed by atoms with Gasteiger partial charge in [0, 0.05) is 0 Å². The van der Waals surface area contributed by atoms with Crippen molar-refractivity contribution in [3.05, 3.63) is 36.5 Å². The molecule has 168 valence electrons. The summed E-state index contributed by atoms with van der Waals surface area (Å²) in [5.41, 5.74) is 11.7. The van der Waals surface area contributed by atoms with Gasteiger partial charge in [-0.25, -0.2) is 4.57 Å². The SMILES string of the molecule is C=C1CC[C@H]2C(C)(C)CCC[C@@]2(C)[C@@H]1CC/C(C)=C/Cn1c[n+](C)c2ncnc(N)c21. The van der Waals surface area contributed by atoms with Gasteiger partial charge in [-0.3, -0.25) is 4.57 Å².